The Bertz CT molecular complexity index is 1410. The molecule has 44 heavy (non-hydrogen) atoms. The SMILES string of the molecule is C=C(C)[C@@H]1NC(=O)[C@H](CC(C)C)NC(=O)[C@@H]2CCCN2C(=O)[C@H](Cc2c[nH]c3ccccc23)NC(=O)[C@H](CC(C)C)NC1=O. The van der Waals surface area contributed by atoms with Gasteiger partial charge < -0.3 is 31.2 Å². The van der Waals surface area contributed by atoms with Gasteiger partial charge in [0.2, 0.25) is 29.5 Å². The van der Waals surface area contributed by atoms with Crippen molar-refractivity contribution in [3.8, 4) is 0 Å². The number of fused-ring (bicyclic) bond motifs is 2. The summed E-state index contributed by atoms with van der Waals surface area (Å²) >= 11 is 0. The maximum atomic E-state index is 14.2. The second-order valence-electron chi connectivity index (χ2n) is 13.0. The standard InChI is InChI=1S/C33H46N6O5/c1-18(2)14-24-29(40)37-26(16-21-17-34-23-11-8-7-10-22(21)23)33(44)39-13-9-12-27(39)31(42)35-25(15-19(3)4)30(41)38-28(20(5)6)32(43)36-24/h7-8,10-11,17-19,24-28,34H,5,9,12-16H2,1-4,6H3,(H,35,42)(H,36,43)(H,37,40)(H,38,41)/t24-,25-,26-,27-,28-/m0/s1. The monoisotopic (exact) mass is 606 g/mol. The topological polar surface area (TPSA) is 152 Å². The Labute approximate surface area is 259 Å². The molecule has 2 aliphatic rings. The summed E-state index contributed by atoms with van der Waals surface area (Å²) in [4.78, 5) is 73.5. The van der Waals surface area contributed by atoms with Gasteiger partial charge in [-0.1, -0.05) is 52.5 Å². The van der Waals surface area contributed by atoms with Gasteiger partial charge in [-0.2, -0.15) is 0 Å². The number of hydrogen-bond donors (Lipinski definition) is 5. The van der Waals surface area contributed by atoms with E-state index in [0.717, 1.165) is 16.5 Å². The van der Waals surface area contributed by atoms with E-state index < -0.39 is 53.8 Å². The molecule has 2 fully saturated rings. The maximum Gasteiger partial charge on any atom is 0.247 e. The zero-order valence-corrected chi connectivity index (χ0v) is 26.4. The van der Waals surface area contributed by atoms with Crippen molar-refractivity contribution in [3.05, 3.63) is 48.2 Å². The number of H-pyrrole nitrogens is 1. The molecule has 2 aliphatic heterocycles. The van der Waals surface area contributed by atoms with E-state index in [0.29, 0.717) is 37.8 Å². The van der Waals surface area contributed by atoms with Gasteiger partial charge in [-0.25, -0.2) is 0 Å². The number of para-hydroxylation sites is 1. The minimum Gasteiger partial charge on any atom is -0.361 e. The van der Waals surface area contributed by atoms with Gasteiger partial charge in [0.05, 0.1) is 0 Å². The number of nitrogens with one attached hydrogen (secondary N) is 5. The Morgan fingerprint density at radius 3 is 2.07 bits per heavy atom. The van der Waals surface area contributed by atoms with Crippen LogP contribution in [0.1, 0.15) is 65.9 Å². The van der Waals surface area contributed by atoms with Gasteiger partial charge in [0.1, 0.15) is 30.2 Å². The van der Waals surface area contributed by atoms with E-state index in [-0.39, 0.29) is 24.2 Å². The lowest BCUT2D eigenvalue weighted by atomic mass is 9.99. The minimum absolute atomic E-state index is 0.0361. The molecule has 0 unspecified atom stereocenters. The van der Waals surface area contributed by atoms with Gasteiger partial charge in [-0.15, -0.1) is 0 Å². The number of aromatic nitrogens is 1. The first-order valence-corrected chi connectivity index (χ1v) is 15.6. The van der Waals surface area contributed by atoms with Crippen molar-refractivity contribution in [3.63, 3.8) is 0 Å². The molecule has 0 bridgehead atoms. The van der Waals surface area contributed by atoms with Crippen LogP contribution in [-0.2, 0) is 30.4 Å². The zero-order valence-electron chi connectivity index (χ0n) is 26.4. The Hall–Kier alpha value is -4.15. The van der Waals surface area contributed by atoms with Gasteiger partial charge in [0.25, 0.3) is 0 Å². The fraction of sp³-hybridized carbons (Fsp3) is 0.545. The molecule has 11 heteroatoms. The second kappa shape index (κ2) is 14.1. The molecule has 0 radical (unpaired) electrons. The van der Waals surface area contributed by atoms with Crippen LogP contribution >= 0.6 is 0 Å². The molecule has 5 N–H and O–H groups in total. The van der Waals surface area contributed by atoms with Crippen molar-refractivity contribution < 1.29 is 24.0 Å². The van der Waals surface area contributed by atoms with Gasteiger partial charge >= 0.3 is 0 Å². The van der Waals surface area contributed by atoms with Crippen LogP contribution < -0.4 is 21.3 Å². The quantitative estimate of drug-likeness (QED) is 0.307. The molecule has 0 aliphatic carbocycles. The molecule has 4 rings (SSSR count). The van der Waals surface area contributed by atoms with Gasteiger partial charge in [-0.05, 0) is 61.6 Å². The number of amides is 5. The number of carbonyl (C=O) groups is 5. The summed E-state index contributed by atoms with van der Waals surface area (Å²) in [5.41, 5.74) is 2.13. The third kappa shape index (κ3) is 7.67. The summed E-state index contributed by atoms with van der Waals surface area (Å²) in [6.07, 6.45) is 3.71. The van der Waals surface area contributed by atoms with Gasteiger partial charge in [0, 0.05) is 30.1 Å². The lowest BCUT2D eigenvalue weighted by molar-refractivity contribution is -0.142. The number of carbonyl (C=O) groups excluding carboxylic acids is 5. The first kappa shape index (κ1) is 32.8. The molecule has 2 aromatic rings. The van der Waals surface area contributed by atoms with Crippen LogP contribution in [0.15, 0.2) is 42.6 Å². The summed E-state index contributed by atoms with van der Waals surface area (Å²) in [6, 6.07) is 2.92. The fourth-order valence-electron chi connectivity index (χ4n) is 6.08. The maximum absolute atomic E-state index is 14.2. The summed E-state index contributed by atoms with van der Waals surface area (Å²) in [6.45, 7) is 13.6. The highest BCUT2D eigenvalue weighted by Gasteiger charge is 2.41. The average Bonchev–Trinajstić information content (AvgIpc) is 3.61. The van der Waals surface area contributed by atoms with Crippen molar-refractivity contribution >= 4 is 40.4 Å². The van der Waals surface area contributed by atoms with Crippen molar-refractivity contribution in [1.29, 1.82) is 0 Å². The number of hydrogen-bond acceptors (Lipinski definition) is 5. The van der Waals surface area contributed by atoms with Gasteiger partial charge in [0.15, 0.2) is 0 Å². The Kier molecular flexibility index (Phi) is 10.5. The van der Waals surface area contributed by atoms with E-state index in [4.69, 9.17) is 0 Å². The largest absolute Gasteiger partial charge is 0.361 e. The third-order valence-corrected chi connectivity index (χ3v) is 8.27. The molecule has 5 amide bonds. The van der Waals surface area contributed by atoms with E-state index >= 15 is 0 Å². The first-order valence-electron chi connectivity index (χ1n) is 15.6. The number of rotatable bonds is 7. The smallest absolute Gasteiger partial charge is 0.247 e. The summed E-state index contributed by atoms with van der Waals surface area (Å²) < 4.78 is 0. The molecular weight excluding hydrogens is 560 g/mol. The van der Waals surface area contributed by atoms with Crippen LogP contribution in [0, 0.1) is 11.8 Å². The summed E-state index contributed by atoms with van der Waals surface area (Å²) in [5.74, 6) is -2.34. The van der Waals surface area contributed by atoms with E-state index in [1.54, 1.807) is 6.92 Å². The van der Waals surface area contributed by atoms with Gasteiger partial charge in [-0.3, -0.25) is 24.0 Å². The van der Waals surface area contributed by atoms with E-state index in [1.807, 2.05) is 58.2 Å². The number of aromatic amines is 1. The van der Waals surface area contributed by atoms with Crippen molar-refractivity contribution in [2.24, 2.45) is 11.8 Å². The normalized spacial score (nSPS) is 25.7. The highest BCUT2D eigenvalue weighted by molar-refractivity contribution is 5.99. The molecule has 3 heterocycles. The van der Waals surface area contributed by atoms with Crippen LogP contribution in [0.4, 0.5) is 0 Å². The second-order valence-corrected chi connectivity index (χ2v) is 13.0. The van der Waals surface area contributed by atoms with Crippen LogP contribution in [0.2, 0.25) is 0 Å². The van der Waals surface area contributed by atoms with Crippen LogP contribution in [0.3, 0.4) is 0 Å². The van der Waals surface area contributed by atoms with Crippen LogP contribution in [-0.4, -0.2) is 76.2 Å². The summed E-state index contributed by atoms with van der Waals surface area (Å²) in [5, 5.41) is 12.3. The fourth-order valence-corrected chi connectivity index (χ4v) is 6.08. The Morgan fingerprint density at radius 1 is 0.841 bits per heavy atom. The van der Waals surface area contributed by atoms with Crippen molar-refractivity contribution in [2.45, 2.75) is 96.9 Å². The summed E-state index contributed by atoms with van der Waals surface area (Å²) in [7, 11) is 0. The van der Waals surface area contributed by atoms with Crippen LogP contribution in [0.5, 0.6) is 0 Å². The molecule has 0 saturated carbocycles. The van der Waals surface area contributed by atoms with Crippen molar-refractivity contribution in [1.82, 2.24) is 31.2 Å². The number of nitrogens with zero attached hydrogens (tertiary/aromatic N) is 1. The molecule has 238 valence electrons. The third-order valence-electron chi connectivity index (χ3n) is 8.27. The lowest BCUT2D eigenvalue weighted by Gasteiger charge is -2.30. The predicted octanol–water partition coefficient (Wildman–Crippen LogP) is 2.32. The van der Waals surface area contributed by atoms with E-state index in [1.165, 1.54) is 4.90 Å². The molecule has 2 saturated heterocycles. The molecule has 11 nitrogen and oxygen atoms in total. The molecular formula is C33H46N6O5. The lowest BCUT2D eigenvalue weighted by Crippen LogP contribution is -2.58. The van der Waals surface area contributed by atoms with E-state index in [9.17, 15) is 24.0 Å². The zero-order chi connectivity index (χ0) is 32.1. The molecule has 1 aromatic carbocycles. The Balaban J connectivity index is 1.76. The van der Waals surface area contributed by atoms with E-state index in [2.05, 4.69) is 32.8 Å². The average molecular weight is 607 g/mol. The minimum atomic E-state index is -1.12. The van der Waals surface area contributed by atoms with Crippen LogP contribution in [0.25, 0.3) is 10.9 Å². The highest BCUT2D eigenvalue weighted by Crippen LogP contribution is 2.24. The highest BCUT2D eigenvalue weighted by atomic mass is 16.2. The predicted molar refractivity (Wildman–Crippen MR) is 168 cm³/mol. The molecule has 0 spiro atoms. The molecule has 1 aromatic heterocycles. The number of benzene rings is 1. The molecule has 5 atom stereocenters. The Morgan fingerprint density at radius 2 is 1.43 bits per heavy atom. The van der Waals surface area contributed by atoms with Crippen molar-refractivity contribution in [2.75, 3.05) is 6.54 Å². The first-order chi connectivity index (χ1) is 20.8.